The Balaban J connectivity index is 2.83. The molecular weight excluding hydrogens is 332 g/mol. The van der Waals surface area contributed by atoms with Crippen LogP contribution in [0.3, 0.4) is 0 Å². The molecule has 1 aromatic rings. The zero-order valence-electron chi connectivity index (χ0n) is 13.5. The number of methoxy groups -OCH3 is 2. The Kier molecular flexibility index (Phi) is 8.92. The lowest BCUT2D eigenvalue weighted by Crippen LogP contribution is -2.29. The van der Waals surface area contributed by atoms with Crippen LogP contribution in [0.5, 0.6) is 0 Å². The van der Waals surface area contributed by atoms with Crippen LogP contribution >= 0.6 is 15.9 Å². The highest BCUT2D eigenvalue weighted by Gasteiger charge is 2.11. The summed E-state index contributed by atoms with van der Waals surface area (Å²) in [5, 5.41) is 3.27. The summed E-state index contributed by atoms with van der Waals surface area (Å²) in [6.07, 6.45) is 1.01. The lowest BCUT2D eigenvalue weighted by atomic mass is 10.1. The molecule has 0 heterocycles. The van der Waals surface area contributed by atoms with Crippen LogP contribution in [0.15, 0.2) is 22.7 Å². The van der Waals surface area contributed by atoms with Crippen molar-refractivity contribution in [2.45, 2.75) is 19.4 Å². The molecule has 0 aliphatic heterocycles. The Morgan fingerprint density at radius 3 is 2.48 bits per heavy atom. The van der Waals surface area contributed by atoms with E-state index in [1.165, 1.54) is 11.3 Å². The normalized spacial score (nSPS) is 12.4. The zero-order chi connectivity index (χ0) is 15.7. The molecule has 1 aromatic carbocycles. The Morgan fingerprint density at radius 1 is 1.19 bits per heavy atom. The van der Waals surface area contributed by atoms with Gasteiger partial charge in [0.1, 0.15) is 0 Å². The molecule has 21 heavy (non-hydrogen) atoms. The second-order valence-electron chi connectivity index (χ2n) is 5.04. The van der Waals surface area contributed by atoms with Gasteiger partial charge in [-0.3, -0.25) is 0 Å². The van der Waals surface area contributed by atoms with Crippen molar-refractivity contribution >= 4 is 21.6 Å². The van der Waals surface area contributed by atoms with Crippen LogP contribution in [0, 0.1) is 0 Å². The summed E-state index contributed by atoms with van der Waals surface area (Å²) in [7, 11) is 5.45. The monoisotopic (exact) mass is 358 g/mol. The molecule has 1 atom stereocenters. The molecule has 0 saturated carbocycles. The van der Waals surface area contributed by atoms with E-state index >= 15 is 0 Å². The highest BCUT2D eigenvalue weighted by Crippen LogP contribution is 2.28. The first-order chi connectivity index (χ1) is 10.1. The summed E-state index contributed by atoms with van der Waals surface area (Å²) in [5.74, 6) is 0. The predicted molar refractivity (Wildman–Crippen MR) is 92.2 cm³/mol. The second kappa shape index (κ2) is 10.2. The number of benzene rings is 1. The number of nitrogens with zero attached hydrogens (tertiary/aromatic N) is 1. The minimum atomic E-state index is 0.328. The maximum Gasteiger partial charge on any atom is 0.0637 e. The van der Waals surface area contributed by atoms with E-state index in [4.69, 9.17) is 9.47 Å². The van der Waals surface area contributed by atoms with Gasteiger partial charge >= 0.3 is 0 Å². The maximum atomic E-state index is 5.22. The Hall–Kier alpha value is -0.620. The summed E-state index contributed by atoms with van der Waals surface area (Å²) >= 11 is 3.68. The van der Waals surface area contributed by atoms with Gasteiger partial charge in [0.05, 0.1) is 6.61 Å². The number of rotatable bonds is 10. The number of hydrogen-bond acceptors (Lipinski definition) is 4. The molecule has 1 rings (SSSR count). The van der Waals surface area contributed by atoms with Gasteiger partial charge in [0.2, 0.25) is 0 Å². The molecule has 4 nitrogen and oxygen atoms in total. The first kappa shape index (κ1) is 18.4. The average Bonchev–Trinajstić information content (AvgIpc) is 2.50. The van der Waals surface area contributed by atoms with Crippen molar-refractivity contribution < 1.29 is 9.47 Å². The van der Waals surface area contributed by atoms with E-state index in [1.807, 2.05) is 7.05 Å². The van der Waals surface area contributed by atoms with Gasteiger partial charge in [0.25, 0.3) is 0 Å². The Morgan fingerprint density at radius 2 is 1.90 bits per heavy atom. The van der Waals surface area contributed by atoms with Crippen LogP contribution < -0.4 is 10.2 Å². The van der Waals surface area contributed by atoms with E-state index in [9.17, 15) is 0 Å². The van der Waals surface area contributed by atoms with E-state index in [0.717, 1.165) is 37.2 Å². The number of ether oxygens (including phenoxy) is 2. The second-order valence-corrected chi connectivity index (χ2v) is 5.90. The zero-order valence-corrected chi connectivity index (χ0v) is 15.1. The van der Waals surface area contributed by atoms with E-state index in [2.05, 4.69) is 51.3 Å². The third kappa shape index (κ3) is 5.94. The predicted octanol–water partition coefficient (Wildman–Crippen LogP) is 3.22. The third-order valence-corrected chi connectivity index (χ3v) is 4.28. The molecule has 0 aliphatic rings. The minimum absolute atomic E-state index is 0.328. The van der Waals surface area contributed by atoms with Gasteiger partial charge in [-0.2, -0.15) is 0 Å². The quantitative estimate of drug-likeness (QED) is 0.651. The molecule has 0 aliphatic carbocycles. The fourth-order valence-corrected chi connectivity index (χ4v) is 2.90. The van der Waals surface area contributed by atoms with Gasteiger partial charge in [-0.1, -0.05) is 22.0 Å². The van der Waals surface area contributed by atoms with E-state index in [-0.39, 0.29) is 0 Å². The van der Waals surface area contributed by atoms with Gasteiger partial charge in [0.15, 0.2) is 0 Å². The van der Waals surface area contributed by atoms with Crippen molar-refractivity contribution in [3.8, 4) is 0 Å². The Bertz CT molecular complexity index is 415. The van der Waals surface area contributed by atoms with Crippen molar-refractivity contribution in [1.29, 1.82) is 0 Å². The molecule has 0 bridgehead atoms. The van der Waals surface area contributed by atoms with Crippen LogP contribution in [0.25, 0.3) is 0 Å². The first-order valence-corrected chi connectivity index (χ1v) is 8.12. The molecule has 0 aromatic heterocycles. The highest BCUT2D eigenvalue weighted by molar-refractivity contribution is 9.10. The van der Waals surface area contributed by atoms with Crippen LogP contribution in [-0.2, 0) is 9.47 Å². The van der Waals surface area contributed by atoms with Crippen LogP contribution in [0.4, 0.5) is 5.69 Å². The smallest absolute Gasteiger partial charge is 0.0637 e. The molecule has 0 amide bonds. The van der Waals surface area contributed by atoms with E-state index < -0.39 is 0 Å². The fourth-order valence-electron chi connectivity index (χ4n) is 2.19. The molecule has 5 heteroatoms. The average molecular weight is 359 g/mol. The summed E-state index contributed by atoms with van der Waals surface area (Å²) in [4.78, 5) is 2.33. The maximum absolute atomic E-state index is 5.22. The first-order valence-electron chi connectivity index (χ1n) is 7.33. The lowest BCUT2D eigenvalue weighted by Gasteiger charge is -2.26. The van der Waals surface area contributed by atoms with E-state index in [1.54, 1.807) is 14.2 Å². The standard InChI is InChI=1S/C16H27BrN2O2/c1-13(18-2)15-7-6-14(12-16(15)17)19(9-11-21-4)8-5-10-20-3/h6-7,12-13,18H,5,8-11H2,1-4H3. The topological polar surface area (TPSA) is 33.7 Å². The molecule has 0 radical (unpaired) electrons. The number of hydrogen-bond donors (Lipinski definition) is 1. The summed E-state index contributed by atoms with van der Waals surface area (Å²) < 4.78 is 11.5. The van der Waals surface area contributed by atoms with Gasteiger partial charge in [0, 0.05) is 50.1 Å². The van der Waals surface area contributed by atoms with Crippen LogP contribution in [0.1, 0.15) is 24.9 Å². The minimum Gasteiger partial charge on any atom is -0.385 e. The summed E-state index contributed by atoms with van der Waals surface area (Å²) in [6, 6.07) is 6.87. The van der Waals surface area contributed by atoms with E-state index in [0.29, 0.717) is 6.04 Å². The fraction of sp³-hybridized carbons (Fsp3) is 0.625. The summed E-state index contributed by atoms with van der Waals surface area (Å²) in [6.45, 7) is 5.50. The van der Waals surface area contributed by atoms with Crippen molar-refractivity contribution in [3.63, 3.8) is 0 Å². The largest absolute Gasteiger partial charge is 0.385 e. The number of halogens is 1. The molecular formula is C16H27BrN2O2. The number of nitrogens with one attached hydrogen (secondary N) is 1. The third-order valence-electron chi connectivity index (χ3n) is 3.59. The van der Waals surface area contributed by atoms with Crippen molar-refractivity contribution in [3.05, 3.63) is 28.2 Å². The highest BCUT2D eigenvalue weighted by atomic mass is 79.9. The molecule has 120 valence electrons. The van der Waals surface area contributed by atoms with Crippen LogP contribution in [-0.4, -0.2) is 47.6 Å². The SMILES string of the molecule is CNC(C)c1ccc(N(CCCOC)CCOC)cc1Br. The number of anilines is 1. The molecule has 0 fully saturated rings. The van der Waals surface area contributed by atoms with Gasteiger partial charge in [-0.05, 0) is 38.1 Å². The molecule has 0 spiro atoms. The molecule has 1 N–H and O–H groups in total. The van der Waals surface area contributed by atoms with Crippen LogP contribution in [0.2, 0.25) is 0 Å². The summed E-state index contributed by atoms with van der Waals surface area (Å²) in [5.41, 5.74) is 2.48. The van der Waals surface area contributed by atoms with Gasteiger partial charge < -0.3 is 19.7 Å². The molecule has 1 unspecified atom stereocenters. The van der Waals surface area contributed by atoms with Crippen molar-refractivity contribution in [1.82, 2.24) is 5.32 Å². The molecule has 0 saturated heterocycles. The van der Waals surface area contributed by atoms with Crippen molar-refractivity contribution in [2.75, 3.05) is 52.5 Å². The van der Waals surface area contributed by atoms with Gasteiger partial charge in [-0.15, -0.1) is 0 Å². The lowest BCUT2D eigenvalue weighted by molar-refractivity contribution is 0.191. The van der Waals surface area contributed by atoms with Crippen molar-refractivity contribution in [2.24, 2.45) is 0 Å². The van der Waals surface area contributed by atoms with Gasteiger partial charge in [-0.25, -0.2) is 0 Å². The Labute approximate surface area is 136 Å².